The number of amides is 4. The zero-order valence-electron chi connectivity index (χ0n) is 26.3. The maximum atomic E-state index is 14.1. The molecule has 2 saturated heterocycles. The lowest BCUT2D eigenvalue weighted by Crippen LogP contribution is -2.59. The normalized spacial score (nSPS) is 26.8. The fourth-order valence-corrected chi connectivity index (χ4v) is 6.53. The first kappa shape index (κ1) is 31.8. The number of fused-ring (bicyclic) bond motifs is 2. The molecule has 1 aliphatic carbocycles. The average molecular weight is 584 g/mol. The molecule has 42 heavy (non-hydrogen) atoms. The zero-order chi connectivity index (χ0) is 30.8. The van der Waals surface area contributed by atoms with Crippen LogP contribution in [0, 0.1) is 0 Å². The predicted molar refractivity (Wildman–Crippen MR) is 161 cm³/mol. The summed E-state index contributed by atoms with van der Waals surface area (Å²) in [6, 6.07) is 6.08. The molecule has 1 unspecified atom stereocenters. The van der Waals surface area contributed by atoms with Crippen LogP contribution < -0.4 is 10.6 Å². The van der Waals surface area contributed by atoms with Crippen LogP contribution in [0.25, 0.3) is 0 Å². The van der Waals surface area contributed by atoms with Crippen molar-refractivity contribution in [3.05, 3.63) is 35.4 Å². The van der Waals surface area contributed by atoms with Gasteiger partial charge in [-0.3, -0.25) is 19.3 Å². The second kappa shape index (κ2) is 13.0. The smallest absolute Gasteiger partial charge is 0.410 e. The maximum Gasteiger partial charge on any atom is 0.410 e. The molecule has 3 aliphatic rings. The summed E-state index contributed by atoms with van der Waals surface area (Å²) in [5.74, 6) is -0.781. The first-order valence-electron chi connectivity index (χ1n) is 15.4. The Bertz CT molecular complexity index is 1160. The number of ether oxygens (including phenoxy) is 1. The number of hydrogen-bond donors (Lipinski definition) is 2. The number of likely N-dealkylation sites (N-methyl/N-ethyl adjacent to an activating group) is 1. The summed E-state index contributed by atoms with van der Waals surface area (Å²) in [4.78, 5) is 59.0. The van der Waals surface area contributed by atoms with E-state index >= 15 is 0 Å². The zero-order valence-corrected chi connectivity index (χ0v) is 26.3. The molecule has 2 heterocycles. The largest absolute Gasteiger partial charge is 0.444 e. The second-order valence-corrected chi connectivity index (χ2v) is 13.4. The van der Waals surface area contributed by atoms with Gasteiger partial charge >= 0.3 is 6.09 Å². The van der Waals surface area contributed by atoms with Crippen molar-refractivity contribution in [2.75, 3.05) is 21.1 Å². The van der Waals surface area contributed by atoms with Gasteiger partial charge in [-0.05, 0) is 104 Å². The van der Waals surface area contributed by atoms with Crippen LogP contribution in [0.4, 0.5) is 4.79 Å². The van der Waals surface area contributed by atoms with Crippen molar-refractivity contribution in [1.29, 1.82) is 0 Å². The number of carbonyl (C=O) groups is 4. The maximum absolute atomic E-state index is 14.1. The number of aryl methyl sites for hydroxylation is 1. The third kappa shape index (κ3) is 7.25. The first-order valence-corrected chi connectivity index (χ1v) is 15.4. The van der Waals surface area contributed by atoms with E-state index in [1.54, 1.807) is 32.6 Å². The van der Waals surface area contributed by atoms with Crippen LogP contribution in [0.3, 0.4) is 0 Å². The molecule has 10 heteroatoms. The van der Waals surface area contributed by atoms with E-state index in [1.165, 1.54) is 17.5 Å². The van der Waals surface area contributed by atoms with Gasteiger partial charge < -0.3 is 25.2 Å². The van der Waals surface area contributed by atoms with Crippen molar-refractivity contribution >= 4 is 23.8 Å². The molecule has 0 bridgehead atoms. The van der Waals surface area contributed by atoms with Gasteiger partial charge in [0.2, 0.25) is 17.7 Å². The van der Waals surface area contributed by atoms with Crippen molar-refractivity contribution in [1.82, 2.24) is 25.3 Å². The fourth-order valence-electron chi connectivity index (χ4n) is 6.53. The van der Waals surface area contributed by atoms with Gasteiger partial charge in [-0.1, -0.05) is 24.3 Å². The summed E-state index contributed by atoms with van der Waals surface area (Å²) >= 11 is 0. The first-order chi connectivity index (χ1) is 19.8. The van der Waals surface area contributed by atoms with Gasteiger partial charge in [0, 0.05) is 19.1 Å². The van der Waals surface area contributed by atoms with Crippen LogP contribution >= 0.6 is 0 Å². The highest BCUT2D eigenvalue weighted by molar-refractivity contribution is 5.94. The SMILES string of the molecule is C[C@@H](C(=O)N[C@H]1CCC(N(C)C)C[C@H]2CC[C@@H](C(=O)N[C@@H]3CCCc4ccccc43)N2C1=O)N(C)C(=O)OC(C)(C)C. The van der Waals surface area contributed by atoms with Gasteiger partial charge in [0.15, 0.2) is 0 Å². The lowest BCUT2D eigenvalue weighted by Gasteiger charge is -2.40. The minimum absolute atomic E-state index is 0.0689. The lowest BCUT2D eigenvalue weighted by molar-refractivity contribution is -0.145. The fraction of sp³-hybridized carbons (Fsp3) is 0.688. The standard InChI is InChI=1S/C32H49N5O5/c1-20(36(7)31(41)42-32(2,3)4)28(38)34-26-17-15-22(35(5)6)19-23-16-18-27(37(23)30(26)40)29(39)33-25-14-10-12-21-11-8-9-13-24(21)25/h8-9,11,13,20,22-23,25-27H,10,12,14-19H2,1-7H3,(H,33,39)(H,34,38)/t20-,22?,23+,25+,26-,27-/m0/s1. The van der Waals surface area contributed by atoms with Crippen LogP contribution in [0.5, 0.6) is 0 Å². The van der Waals surface area contributed by atoms with Crippen molar-refractivity contribution in [2.24, 2.45) is 0 Å². The minimum atomic E-state index is -0.845. The molecule has 1 aromatic carbocycles. The lowest BCUT2D eigenvalue weighted by atomic mass is 9.87. The molecule has 2 aliphatic heterocycles. The molecule has 6 atom stereocenters. The summed E-state index contributed by atoms with van der Waals surface area (Å²) in [7, 11) is 5.58. The predicted octanol–water partition coefficient (Wildman–Crippen LogP) is 3.39. The highest BCUT2D eigenvalue weighted by atomic mass is 16.6. The number of nitrogens with one attached hydrogen (secondary N) is 2. The van der Waals surface area contributed by atoms with Gasteiger partial charge in [0.05, 0.1) is 6.04 Å². The molecule has 2 N–H and O–H groups in total. The summed E-state index contributed by atoms with van der Waals surface area (Å²) < 4.78 is 5.42. The molecular formula is C32H49N5O5. The van der Waals surface area contributed by atoms with E-state index in [0.29, 0.717) is 12.8 Å². The van der Waals surface area contributed by atoms with Crippen LogP contribution in [-0.4, -0.2) is 95.5 Å². The van der Waals surface area contributed by atoms with Gasteiger partial charge in [-0.2, -0.15) is 0 Å². The van der Waals surface area contributed by atoms with Crippen molar-refractivity contribution in [3.63, 3.8) is 0 Å². The summed E-state index contributed by atoms with van der Waals surface area (Å²) in [6.07, 6.45) is 5.58. The topological polar surface area (TPSA) is 111 Å². The number of carbonyl (C=O) groups excluding carboxylic acids is 4. The second-order valence-electron chi connectivity index (χ2n) is 13.4. The van der Waals surface area contributed by atoms with E-state index in [-0.39, 0.29) is 29.9 Å². The Balaban J connectivity index is 1.51. The van der Waals surface area contributed by atoms with Gasteiger partial charge in [0.1, 0.15) is 23.7 Å². The Morgan fingerprint density at radius 2 is 1.69 bits per heavy atom. The molecule has 0 aromatic heterocycles. The van der Waals surface area contributed by atoms with Crippen LogP contribution in [0.1, 0.15) is 89.8 Å². The van der Waals surface area contributed by atoms with Crippen LogP contribution in [0.2, 0.25) is 0 Å². The molecule has 4 rings (SSSR count). The van der Waals surface area contributed by atoms with E-state index in [0.717, 1.165) is 44.1 Å². The Morgan fingerprint density at radius 1 is 0.976 bits per heavy atom. The van der Waals surface area contributed by atoms with Crippen LogP contribution in [0.15, 0.2) is 24.3 Å². The van der Waals surface area contributed by atoms with Crippen LogP contribution in [-0.2, 0) is 25.5 Å². The van der Waals surface area contributed by atoms with E-state index < -0.39 is 35.7 Å². The monoisotopic (exact) mass is 583 g/mol. The molecule has 10 nitrogen and oxygen atoms in total. The molecule has 1 aromatic rings. The average Bonchev–Trinajstić information content (AvgIpc) is 3.34. The Hall–Kier alpha value is -3.14. The van der Waals surface area contributed by atoms with Gasteiger partial charge in [0.25, 0.3) is 0 Å². The van der Waals surface area contributed by atoms with Gasteiger partial charge in [-0.25, -0.2) is 4.79 Å². The highest BCUT2D eigenvalue weighted by Gasteiger charge is 2.46. The van der Waals surface area contributed by atoms with E-state index in [9.17, 15) is 19.2 Å². The van der Waals surface area contributed by atoms with Crippen molar-refractivity contribution < 1.29 is 23.9 Å². The summed E-state index contributed by atoms with van der Waals surface area (Å²) in [5.41, 5.74) is 1.73. The summed E-state index contributed by atoms with van der Waals surface area (Å²) in [6.45, 7) is 6.92. The van der Waals surface area contributed by atoms with Gasteiger partial charge in [-0.15, -0.1) is 0 Å². The highest BCUT2D eigenvalue weighted by Crippen LogP contribution is 2.34. The molecular weight excluding hydrogens is 534 g/mol. The van der Waals surface area contributed by atoms with E-state index in [1.807, 2.05) is 26.2 Å². The van der Waals surface area contributed by atoms with E-state index in [4.69, 9.17) is 4.74 Å². The molecule has 4 amide bonds. The Morgan fingerprint density at radius 3 is 2.38 bits per heavy atom. The molecule has 0 saturated carbocycles. The number of hydrogen-bond acceptors (Lipinski definition) is 6. The number of rotatable bonds is 6. The van der Waals surface area contributed by atoms with Crippen molar-refractivity contribution in [2.45, 2.75) is 121 Å². The summed E-state index contributed by atoms with van der Waals surface area (Å²) in [5, 5.41) is 6.20. The van der Waals surface area contributed by atoms with E-state index in [2.05, 4.69) is 27.7 Å². The Labute approximate surface area is 250 Å². The third-order valence-corrected chi connectivity index (χ3v) is 9.07. The van der Waals surface area contributed by atoms with Crippen molar-refractivity contribution in [3.8, 4) is 0 Å². The Kier molecular flexibility index (Phi) is 9.85. The number of benzene rings is 1. The quantitative estimate of drug-likeness (QED) is 0.531. The minimum Gasteiger partial charge on any atom is -0.444 e. The molecule has 0 radical (unpaired) electrons. The molecule has 2 fully saturated rings. The number of nitrogens with zero attached hydrogens (tertiary/aromatic N) is 3. The molecule has 232 valence electrons. The third-order valence-electron chi connectivity index (χ3n) is 9.07. The molecule has 0 spiro atoms.